The average molecular weight is 267 g/mol. The highest BCUT2D eigenvalue weighted by Gasteiger charge is 2.16. The van der Waals surface area contributed by atoms with E-state index in [0.29, 0.717) is 18.7 Å². The van der Waals surface area contributed by atoms with E-state index >= 15 is 0 Å². The Morgan fingerprint density at radius 3 is 2.68 bits per heavy atom. The maximum absolute atomic E-state index is 13.5. The molecule has 0 bridgehead atoms. The topological polar surface area (TPSA) is 29.5 Å². The summed E-state index contributed by atoms with van der Waals surface area (Å²) in [4.78, 5) is 14.0. The molecule has 0 saturated heterocycles. The van der Waals surface area contributed by atoms with Gasteiger partial charge in [0.2, 0.25) is 0 Å². The Morgan fingerprint density at radius 2 is 2.11 bits per heavy atom. The molecule has 3 nitrogen and oxygen atoms in total. The van der Waals surface area contributed by atoms with Gasteiger partial charge >= 0.3 is 0 Å². The lowest BCUT2D eigenvalue weighted by Gasteiger charge is -2.26. The SMILES string of the molecule is CCN(CC(=O)Cc1ccccc1F)C(C)COC. The molecule has 0 aliphatic heterocycles. The van der Waals surface area contributed by atoms with Crippen molar-refractivity contribution in [3.63, 3.8) is 0 Å². The van der Waals surface area contributed by atoms with Gasteiger partial charge in [0.25, 0.3) is 0 Å². The largest absolute Gasteiger partial charge is 0.383 e. The summed E-state index contributed by atoms with van der Waals surface area (Å²) in [5.41, 5.74) is 0.461. The molecule has 0 aromatic heterocycles. The first kappa shape index (κ1) is 15.8. The van der Waals surface area contributed by atoms with Crippen LogP contribution in [-0.4, -0.2) is 43.5 Å². The van der Waals surface area contributed by atoms with Crippen LogP contribution in [0.3, 0.4) is 0 Å². The molecule has 0 N–H and O–H groups in total. The first-order chi connectivity index (χ1) is 9.08. The van der Waals surface area contributed by atoms with E-state index in [-0.39, 0.29) is 24.1 Å². The van der Waals surface area contributed by atoms with Gasteiger partial charge in [-0.25, -0.2) is 4.39 Å². The van der Waals surface area contributed by atoms with Crippen LogP contribution in [0.2, 0.25) is 0 Å². The van der Waals surface area contributed by atoms with Crippen molar-refractivity contribution in [3.05, 3.63) is 35.6 Å². The van der Waals surface area contributed by atoms with E-state index in [1.54, 1.807) is 25.3 Å². The fourth-order valence-electron chi connectivity index (χ4n) is 2.06. The smallest absolute Gasteiger partial charge is 0.151 e. The minimum absolute atomic E-state index is 0.0231. The molecule has 1 aromatic rings. The van der Waals surface area contributed by atoms with E-state index in [9.17, 15) is 9.18 Å². The first-order valence-electron chi connectivity index (χ1n) is 6.56. The molecule has 0 radical (unpaired) electrons. The fourth-order valence-corrected chi connectivity index (χ4v) is 2.06. The summed E-state index contributed by atoms with van der Waals surface area (Å²) in [6, 6.07) is 6.59. The van der Waals surface area contributed by atoms with Crippen LogP contribution in [0.15, 0.2) is 24.3 Å². The first-order valence-corrected chi connectivity index (χ1v) is 6.56. The molecule has 0 heterocycles. The maximum Gasteiger partial charge on any atom is 0.151 e. The predicted molar refractivity (Wildman–Crippen MR) is 73.7 cm³/mol. The summed E-state index contributed by atoms with van der Waals surface area (Å²) in [5.74, 6) is -0.293. The number of ketones is 1. The molecule has 0 aliphatic carbocycles. The standard InChI is InChI=1S/C15H22FNO2/c1-4-17(12(2)11-19-3)10-14(18)9-13-7-5-6-8-15(13)16/h5-8,12H,4,9-11H2,1-3H3. The number of halogens is 1. The molecule has 1 atom stereocenters. The van der Waals surface area contributed by atoms with E-state index in [4.69, 9.17) is 4.74 Å². The molecule has 0 amide bonds. The van der Waals surface area contributed by atoms with Gasteiger partial charge in [-0.3, -0.25) is 9.69 Å². The molecule has 0 fully saturated rings. The predicted octanol–water partition coefficient (Wildman–Crippen LogP) is 2.29. The molecule has 4 heteroatoms. The van der Waals surface area contributed by atoms with E-state index < -0.39 is 0 Å². The van der Waals surface area contributed by atoms with Gasteiger partial charge in [-0.05, 0) is 25.1 Å². The van der Waals surface area contributed by atoms with Gasteiger partial charge in [0.05, 0.1) is 13.2 Å². The molecule has 19 heavy (non-hydrogen) atoms. The number of methoxy groups -OCH3 is 1. The highest BCUT2D eigenvalue weighted by Crippen LogP contribution is 2.08. The summed E-state index contributed by atoms with van der Waals surface area (Å²) in [6.07, 6.45) is 0.142. The van der Waals surface area contributed by atoms with Crippen LogP contribution in [0.4, 0.5) is 4.39 Å². The Kier molecular flexibility index (Phi) is 6.67. The Morgan fingerprint density at radius 1 is 1.42 bits per heavy atom. The number of hydrogen-bond donors (Lipinski definition) is 0. The highest BCUT2D eigenvalue weighted by molar-refractivity contribution is 5.82. The summed E-state index contributed by atoms with van der Waals surface area (Å²) < 4.78 is 18.6. The van der Waals surface area contributed by atoms with Gasteiger partial charge < -0.3 is 4.74 Å². The summed E-state index contributed by atoms with van der Waals surface area (Å²) >= 11 is 0. The molecular formula is C15H22FNO2. The zero-order valence-corrected chi connectivity index (χ0v) is 11.9. The van der Waals surface area contributed by atoms with Crippen LogP contribution < -0.4 is 0 Å². The van der Waals surface area contributed by atoms with E-state index in [0.717, 1.165) is 6.54 Å². The van der Waals surface area contributed by atoms with Crippen LogP contribution in [0.1, 0.15) is 19.4 Å². The quantitative estimate of drug-likeness (QED) is 0.724. The van der Waals surface area contributed by atoms with Gasteiger partial charge in [-0.15, -0.1) is 0 Å². The molecule has 0 saturated carbocycles. The molecule has 106 valence electrons. The average Bonchev–Trinajstić information content (AvgIpc) is 2.39. The van der Waals surface area contributed by atoms with Gasteiger partial charge in [0.15, 0.2) is 5.78 Å². The number of likely N-dealkylation sites (N-methyl/N-ethyl adjacent to an activating group) is 1. The van der Waals surface area contributed by atoms with Crippen molar-refractivity contribution in [2.75, 3.05) is 26.8 Å². The van der Waals surface area contributed by atoms with Crippen molar-refractivity contribution in [2.45, 2.75) is 26.3 Å². The lowest BCUT2D eigenvalue weighted by molar-refractivity contribution is -0.120. The second-order valence-electron chi connectivity index (χ2n) is 4.67. The molecule has 0 aliphatic rings. The summed E-state index contributed by atoms with van der Waals surface area (Å²) in [7, 11) is 1.64. The van der Waals surface area contributed by atoms with E-state index in [2.05, 4.69) is 0 Å². The Balaban J connectivity index is 2.56. The van der Waals surface area contributed by atoms with Crippen molar-refractivity contribution < 1.29 is 13.9 Å². The van der Waals surface area contributed by atoms with Gasteiger partial charge in [-0.2, -0.15) is 0 Å². The molecule has 1 unspecified atom stereocenters. The number of carbonyl (C=O) groups excluding carboxylic acids is 1. The monoisotopic (exact) mass is 267 g/mol. The minimum Gasteiger partial charge on any atom is -0.383 e. The van der Waals surface area contributed by atoms with Crippen LogP contribution in [0.25, 0.3) is 0 Å². The lowest BCUT2D eigenvalue weighted by atomic mass is 10.1. The second-order valence-corrected chi connectivity index (χ2v) is 4.67. The third-order valence-electron chi connectivity index (χ3n) is 3.16. The van der Waals surface area contributed by atoms with Crippen molar-refractivity contribution in [3.8, 4) is 0 Å². The Bertz CT molecular complexity index is 409. The number of rotatable bonds is 8. The van der Waals surface area contributed by atoms with Crippen molar-refractivity contribution in [2.24, 2.45) is 0 Å². The lowest BCUT2D eigenvalue weighted by Crippen LogP contribution is -2.40. The van der Waals surface area contributed by atoms with Crippen LogP contribution in [-0.2, 0) is 16.0 Å². The van der Waals surface area contributed by atoms with E-state index in [1.807, 2.05) is 18.7 Å². The minimum atomic E-state index is -0.316. The van der Waals surface area contributed by atoms with Crippen LogP contribution in [0.5, 0.6) is 0 Å². The number of ether oxygens (including phenoxy) is 1. The molecule has 0 spiro atoms. The summed E-state index contributed by atoms with van der Waals surface area (Å²) in [6.45, 7) is 5.70. The van der Waals surface area contributed by atoms with Crippen molar-refractivity contribution >= 4 is 5.78 Å². The number of benzene rings is 1. The van der Waals surface area contributed by atoms with Crippen molar-refractivity contribution in [1.82, 2.24) is 4.90 Å². The molecular weight excluding hydrogens is 245 g/mol. The van der Waals surface area contributed by atoms with Gasteiger partial charge in [0, 0.05) is 19.6 Å². The van der Waals surface area contributed by atoms with Gasteiger partial charge in [0.1, 0.15) is 5.82 Å². The summed E-state index contributed by atoms with van der Waals surface area (Å²) in [5, 5.41) is 0. The third kappa shape index (κ3) is 5.09. The highest BCUT2D eigenvalue weighted by atomic mass is 19.1. The normalized spacial score (nSPS) is 12.7. The van der Waals surface area contributed by atoms with Crippen molar-refractivity contribution in [1.29, 1.82) is 0 Å². The maximum atomic E-state index is 13.5. The van der Waals surface area contributed by atoms with Crippen LogP contribution >= 0.6 is 0 Å². The zero-order valence-electron chi connectivity index (χ0n) is 11.9. The van der Waals surface area contributed by atoms with Gasteiger partial charge in [-0.1, -0.05) is 25.1 Å². The zero-order chi connectivity index (χ0) is 14.3. The number of carbonyl (C=O) groups is 1. The fraction of sp³-hybridized carbons (Fsp3) is 0.533. The second kappa shape index (κ2) is 8.02. The molecule has 1 rings (SSSR count). The Labute approximate surface area is 114 Å². The van der Waals surface area contributed by atoms with E-state index in [1.165, 1.54) is 6.07 Å². The number of hydrogen-bond acceptors (Lipinski definition) is 3. The number of Topliss-reactive ketones (excluding diaryl/α,β-unsaturated/α-hetero) is 1. The van der Waals surface area contributed by atoms with Crippen LogP contribution in [0, 0.1) is 5.82 Å². The third-order valence-corrected chi connectivity index (χ3v) is 3.16. The molecule has 1 aromatic carbocycles. The Hall–Kier alpha value is -1.26. The number of nitrogens with zero attached hydrogens (tertiary/aromatic N) is 1.